The van der Waals surface area contributed by atoms with E-state index in [4.69, 9.17) is 13.9 Å². The summed E-state index contributed by atoms with van der Waals surface area (Å²) in [6.07, 6.45) is 0. The molecule has 0 aliphatic rings. The number of anilines is 1. The maximum atomic E-state index is 13.8. The summed E-state index contributed by atoms with van der Waals surface area (Å²) in [5, 5.41) is 13.0. The highest BCUT2D eigenvalue weighted by molar-refractivity contribution is 6.02. The number of ether oxygens (including phenoxy) is 2. The van der Waals surface area contributed by atoms with Gasteiger partial charge in [-0.15, -0.1) is 0 Å². The van der Waals surface area contributed by atoms with E-state index in [-0.39, 0.29) is 23.7 Å². The van der Waals surface area contributed by atoms with Crippen LogP contribution in [0.3, 0.4) is 0 Å². The minimum atomic E-state index is -0.801. The van der Waals surface area contributed by atoms with Crippen LogP contribution < -0.4 is 14.8 Å². The summed E-state index contributed by atoms with van der Waals surface area (Å²) in [5.41, 5.74) is -0.663. The third-order valence-electron chi connectivity index (χ3n) is 3.73. The molecule has 0 saturated carbocycles. The van der Waals surface area contributed by atoms with Crippen LogP contribution in [0.15, 0.2) is 59.0 Å². The van der Waals surface area contributed by atoms with Crippen LogP contribution >= 0.6 is 0 Å². The van der Waals surface area contributed by atoms with Crippen LogP contribution in [0.25, 0.3) is 0 Å². The Bertz CT molecular complexity index is 1020. The standard InChI is InChI=1S/C19H15FN2O6/c1-26-16-4-2-3-5-17(16)27-11-13-7-9-18(28-13)19(23)21-15-10-12(22(24)25)6-8-14(15)20/h2-10H,11H2,1H3,(H,21,23). The number of nitro benzene ring substituents is 1. The third-order valence-corrected chi connectivity index (χ3v) is 3.73. The largest absolute Gasteiger partial charge is 0.493 e. The van der Waals surface area contributed by atoms with E-state index in [2.05, 4.69) is 5.32 Å². The van der Waals surface area contributed by atoms with Gasteiger partial charge in [-0.3, -0.25) is 14.9 Å². The molecule has 3 aromatic rings. The highest BCUT2D eigenvalue weighted by atomic mass is 19.1. The van der Waals surface area contributed by atoms with Crippen molar-refractivity contribution >= 4 is 17.3 Å². The summed E-state index contributed by atoms with van der Waals surface area (Å²) in [6, 6.07) is 12.8. The second kappa shape index (κ2) is 8.21. The molecule has 0 bridgehead atoms. The Balaban J connectivity index is 1.67. The number of benzene rings is 2. The van der Waals surface area contributed by atoms with Crippen LogP contribution in [0.1, 0.15) is 16.3 Å². The highest BCUT2D eigenvalue weighted by Gasteiger charge is 2.17. The first-order valence-corrected chi connectivity index (χ1v) is 8.07. The molecule has 1 amide bonds. The van der Waals surface area contributed by atoms with E-state index in [9.17, 15) is 19.3 Å². The number of carbonyl (C=O) groups is 1. The van der Waals surface area contributed by atoms with Gasteiger partial charge in [0.1, 0.15) is 18.2 Å². The Kier molecular flexibility index (Phi) is 5.54. The van der Waals surface area contributed by atoms with Gasteiger partial charge in [0.25, 0.3) is 11.6 Å². The van der Waals surface area contributed by atoms with Crippen molar-refractivity contribution in [2.45, 2.75) is 6.61 Å². The average molecular weight is 386 g/mol. The Morgan fingerprint density at radius 3 is 2.64 bits per heavy atom. The van der Waals surface area contributed by atoms with Crippen LogP contribution in [0, 0.1) is 15.9 Å². The molecule has 0 atom stereocenters. The van der Waals surface area contributed by atoms with Crippen molar-refractivity contribution in [3.63, 3.8) is 0 Å². The Morgan fingerprint density at radius 1 is 1.18 bits per heavy atom. The summed E-state index contributed by atoms with van der Waals surface area (Å²) < 4.78 is 30.0. The van der Waals surface area contributed by atoms with Crippen LogP contribution in [0.2, 0.25) is 0 Å². The van der Waals surface area contributed by atoms with E-state index >= 15 is 0 Å². The van der Waals surface area contributed by atoms with Crippen molar-refractivity contribution in [1.29, 1.82) is 0 Å². The molecular formula is C19H15FN2O6. The number of hydrogen-bond donors (Lipinski definition) is 1. The molecule has 144 valence electrons. The SMILES string of the molecule is COc1ccccc1OCc1ccc(C(=O)Nc2cc([N+](=O)[O-])ccc2F)o1. The van der Waals surface area contributed by atoms with Gasteiger partial charge in [0.2, 0.25) is 0 Å². The average Bonchev–Trinajstić information content (AvgIpc) is 3.17. The van der Waals surface area contributed by atoms with Gasteiger partial charge in [0.05, 0.1) is 17.7 Å². The molecule has 0 radical (unpaired) electrons. The zero-order valence-electron chi connectivity index (χ0n) is 14.7. The number of rotatable bonds is 7. The lowest BCUT2D eigenvalue weighted by molar-refractivity contribution is -0.384. The molecule has 0 spiro atoms. The van der Waals surface area contributed by atoms with E-state index in [1.165, 1.54) is 19.2 Å². The van der Waals surface area contributed by atoms with Gasteiger partial charge in [0, 0.05) is 12.1 Å². The molecule has 0 fully saturated rings. The predicted octanol–water partition coefficient (Wildman–Crippen LogP) is 4.17. The third kappa shape index (κ3) is 4.26. The number of nitro groups is 1. The number of carbonyl (C=O) groups excluding carboxylic acids is 1. The van der Waals surface area contributed by atoms with Gasteiger partial charge in [-0.1, -0.05) is 12.1 Å². The number of nitrogens with one attached hydrogen (secondary N) is 1. The quantitative estimate of drug-likeness (QED) is 0.483. The zero-order chi connectivity index (χ0) is 20.1. The predicted molar refractivity (Wildman–Crippen MR) is 97.0 cm³/mol. The summed E-state index contributed by atoms with van der Waals surface area (Å²) in [6.45, 7) is 0.0405. The first-order chi connectivity index (χ1) is 13.5. The minimum Gasteiger partial charge on any atom is -0.493 e. The molecule has 0 saturated heterocycles. The number of amides is 1. The molecule has 1 N–H and O–H groups in total. The molecule has 9 heteroatoms. The van der Waals surface area contributed by atoms with Crippen molar-refractivity contribution in [1.82, 2.24) is 0 Å². The van der Waals surface area contributed by atoms with Crippen molar-refractivity contribution < 1.29 is 28.0 Å². The number of halogens is 1. The fraction of sp³-hybridized carbons (Fsp3) is 0.105. The maximum absolute atomic E-state index is 13.8. The van der Waals surface area contributed by atoms with Gasteiger partial charge in [-0.05, 0) is 30.3 Å². The van der Waals surface area contributed by atoms with E-state index in [0.717, 1.165) is 18.2 Å². The lowest BCUT2D eigenvalue weighted by Gasteiger charge is -2.08. The number of nitrogens with zero attached hydrogens (tertiary/aromatic N) is 1. The van der Waals surface area contributed by atoms with Crippen molar-refractivity contribution in [2.75, 3.05) is 12.4 Å². The van der Waals surface area contributed by atoms with Crippen LogP contribution in [0.4, 0.5) is 15.8 Å². The first kappa shape index (κ1) is 18.9. The number of para-hydroxylation sites is 2. The van der Waals surface area contributed by atoms with Gasteiger partial charge >= 0.3 is 0 Å². The minimum absolute atomic E-state index is 0.0405. The van der Waals surface area contributed by atoms with Crippen LogP contribution in [-0.4, -0.2) is 17.9 Å². The second-order valence-electron chi connectivity index (χ2n) is 5.58. The molecule has 3 rings (SSSR count). The van der Waals surface area contributed by atoms with E-state index < -0.39 is 16.6 Å². The summed E-state index contributed by atoms with van der Waals surface area (Å²) in [4.78, 5) is 22.3. The Labute approximate surface area is 158 Å². The lowest BCUT2D eigenvalue weighted by atomic mass is 10.2. The zero-order valence-corrected chi connectivity index (χ0v) is 14.7. The van der Waals surface area contributed by atoms with Crippen molar-refractivity contribution in [2.24, 2.45) is 0 Å². The molecule has 0 aliphatic heterocycles. The molecule has 0 aliphatic carbocycles. The lowest BCUT2D eigenvalue weighted by Crippen LogP contribution is -2.12. The van der Waals surface area contributed by atoms with Crippen molar-refractivity contribution in [3.05, 3.63) is 82.0 Å². The summed E-state index contributed by atoms with van der Waals surface area (Å²) in [7, 11) is 1.52. The molecular weight excluding hydrogens is 371 g/mol. The van der Waals surface area contributed by atoms with E-state index in [1.54, 1.807) is 24.3 Å². The van der Waals surface area contributed by atoms with Gasteiger partial charge < -0.3 is 19.2 Å². The summed E-state index contributed by atoms with van der Waals surface area (Å²) in [5.74, 6) is -0.229. The number of methoxy groups -OCH3 is 1. The molecule has 8 nitrogen and oxygen atoms in total. The molecule has 2 aromatic carbocycles. The van der Waals surface area contributed by atoms with Crippen LogP contribution in [0.5, 0.6) is 11.5 Å². The normalized spacial score (nSPS) is 10.4. The monoisotopic (exact) mass is 386 g/mol. The number of furan rings is 1. The second-order valence-corrected chi connectivity index (χ2v) is 5.58. The van der Waals surface area contributed by atoms with Gasteiger partial charge in [0.15, 0.2) is 17.3 Å². The number of non-ortho nitro benzene ring substituents is 1. The molecule has 28 heavy (non-hydrogen) atoms. The summed E-state index contributed by atoms with van der Waals surface area (Å²) >= 11 is 0. The smallest absolute Gasteiger partial charge is 0.291 e. The van der Waals surface area contributed by atoms with E-state index in [0.29, 0.717) is 17.3 Å². The topological polar surface area (TPSA) is 104 Å². The van der Waals surface area contributed by atoms with Gasteiger partial charge in [-0.2, -0.15) is 0 Å². The first-order valence-electron chi connectivity index (χ1n) is 8.07. The highest BCUT2D eigenvalue weighted by Crippen LogP contribution is 2.27. The van der Waals surface area contributed by atoms with E-state index in [1.807, 2.05) is 0 Å². The number of hydrogen-bond acceptors (Lipinski definition) is 6. The molecule has 0 unspecified atom stereocenters. The fourth-order valence-electron chi connectivity index (χ4n) is 2.37. The Hall–Kier alpha value is -3.88. The van der Waals surface area contributed by atoms with Gasteiger partial charge in [-0.25, -0.2) is 4.39 Å². The maximum Gasteiger partial charge on any atom is 0.291 e. The fourth-order valence-corrected chi connectivity index (χ4v) is 2.37. The van der Waals surface area contributed by atoms with Crippen molar-refractivity contribution in [3.8, 4) is 11.5 Å². The molecule has 1 heterocycles. The molecule has 1 aromatic heterocycles. The van der Waals surface area contributed by atoms with Crippen LogP contribution in [-0.2, 0) is 6.61 Å². The Morgan fingerprint density at radius 2 is 1.93 bits per heavy atom.